The summed E-state index contributed by atoms with van der Waals surface area (Å²) in [7, 11) is 0. The molecule has 1 radical (unpaired) electrons. The Morgan fingerprint density at radius 3 is 2.20 bits per heavy atom. The molecule has 1 atom stereocenters. The molecule has 1 unspecified atom stereocenters. The third-order valence-corrected chi connectivity index (χ3v) is 3.15. The van der Waals surface area contributed by atoms with E-state index in [4.69, 9.17) is 0 Å². The third-order valence-electron chi connectivity index (χ3n) is 3.15. The van der Waals surface area contributed by atoms with E-state index in [1.165, 1.54) is 51.4 Å². The van der Waals surface area contributed by atoms with Crippen LogP contribution in [-0.2, 0) is 0 Å². The van der Waals surface area contributed by atoms with Gasteiger partial charge in [-0.3, -0.25) is 0 Å². The summed E-state index contributed by atoms with van der Waals surface area (Å²) in [6.45, 7) is 9.04. The Hall–Kier alpha value is -0.0400. The van der Waals surface area contributed by atoms with Gasteiger partial charge < -0.3 is 0 Å². The fourth-order valence-corrected chi connectivity index (χ4v) is 1.63. The van der Waals surface area contributed by atoms with E-state index in [0.29, 0.717) is 0 Å². The van der Waals surface area contributed by atoms with E-state index in [-0.39, 0.29) is 0 Å². The van der Waals surface area contributed by atoms with E-state index in [1.54, 1.807) is 0 Å². The van der Waals surface area contributed by atoms with E-state index < -0.39 is 0 Å². The molecular weight excluding hydrogens is 182 g/mol. The van der Waals surface area contributed by atoms with Gasteiger partial charge in [-0.15, -0.1) is 0 Å². The highest BCUT2D eigenvalue weighted by atomic mass is 14.8. The van der Waals surface area contributed by atoms with Crippen molar-refractivity contribution in [1.29, 1.82) is 0 Å². The van der Waals surface area contributed by atoms with Crippen LogP contribution in [0.25, 0.3) is 0 Å². The van der Waals surface area contributed by atoms with Gasteiger partial charge in [0.1, 0.15) is 0 Å². The molecule has 1 nitrogen and oxygen atoms in total. The lowest BCUT2D eigenvalue weighted by Gasteiger charge is -2.07. The first-order valence-corrected chi connectivity index (χ1v) is 6.94. The molecule has 0 aliphatic carbocycles. The number of unbranched alkanes of at least 4 members (excludes halogenated alkanes) is 5. The van der Waals surface area contributed by atoms with E-state index in [2.05, 4.69) is 26.1 Å². The molecule has 15 heavy (non-hydrogen) atoms. The summed E-state index contributed by atoms with van der Waals surface area (Å²) in [5, 5.41) is 4.58. The minimum atomic E-state index is 0.860. The minimum absolute atomic E-state index is 0.860. The van der Waals surface area contributed by atoms with Gasteiger partial charge in [0.05, 0.1) is 0 Å². The highest BCUT2D eigenvalue weighted by Crippen LogP contribution is 2.06. The van der Waals surface area contributed by atoms with Crippen LogP contribution in [0.15, 0.2) is 0 Å². The summed E-state index contributed by atoms with van der Waals surface area (Å²) < 4.78 is 0. The molecule has 0 bridgehead atoms. The maximum Gasteiger partial charge on any atom is 0.0135 e. The molecule has 0 saturated carbocycles. The molecule has 0 aromatic rings. The molecular formula is C14H30N. The second-order valence-corrected chi connectivity index (χ2v) is 4.74. The first-order valence-electron chi connectivity index (χ1n) is 6.94. The average Bonchev–Trinajstić information content (AvgIpc) is 2.26. The van der Waals surface area contributed by atoms with Crippen LogP contribution in [0.1, 0.15) is 72.1 Å². The molecule has 1 heteroatoms. The lowest BCUT2D eigenvalue weighted by Crippen LogP contribution is -2.11. The first-order chi connectivity index (χ1) is 7.31. The maximum atomic E-state index is 4.58. The second-order valence-electron chi connectivity index (χ2n) is 4.74. The smallest absolute Gasteiger partial charge is 0.0135 e. The molecule has 0 aliphatic heterocycles. The summed E-state index contributed by atoms with van der Waals surface area (Å²) in [6.07, 6.45) is 10.9. The van der Waals surface area contributed by atoms with Crippen molar-refractivity contribution in [1.82, 2.24) is 5.32 Å². The lowest BCUT2D eigenvalue weighted by molar-refractivity contribution is 0.476. The number of rotatable bonds is 11. The fourth-order valence-electron chi connectivity index (χ4n) is 1.63. The van der Waals surface area contributed by atoms with Gasteiger partial charge in [-0.25, -0.2) is 5.32 Å². The van der Waals surface area contributed by atoms with E-state index in [0.717, 1.165) is 19.0 Å². The molecule has 0 aromatic carbocycles. The summed E-state index contributed by atoms with van der Waals surface area (Å²) >= 11 is 0. The number of nitrogens with zero attached hydrogens (tertiary/aromatic N) is 1. The minimum Gasteiger partial charge on any atom is -0.242 e. The Kier molecular flexibility index (Phi) is 12.0. The third kappa shape index (κ3) is 11.9. The van der Waals surface area contributed by atoms with Gasteiger partial charge in [-0.2, -0.15) is 0 Å². The molecule has 0 rings (SSSR count). The normalized spacial score (nSPS) is 13.0. The zero-order valence-electron chi connectivity index (χ0n) is 11.1. The molecule has 0 aromatic heterocycles. The topological polar surface area (TPSA) is 14.1 Å². The standard InChI is InChI=1S/C14H30N/c1-4-6-7-8-9-10-12-15-13-11-14(3)5-2/h14H,4-13H2,1-3H3. The predicted octanol–water partition coefficient (Wildman–Crippen LogP) is 4.39. The van der Waals surface area contributed by atoms with E-state index in [9.17, 15) is 0 Å². The molecule has 91 valence electrons. The molecule has 0 N–H and O–H groups in total. The van der Waals surface area contributed by atoms with E-state index >= 15 is 0 Å². The maximum absolute atomic E-state index is 4.58. The van der Waals surface area contributed by atoms with Crippen molar-refractivity contribution in [2.75, 3.05) is 13.1 Å². The van der Waals surface area contributed by atoms with Crippen molar-refractivity contribution in [3.63, 3.8) is 0 Å². The van der Waals surface area contributed by atoms with Crippen molar-refractivity contribution in [3.05, 3.63) is 0 Å². The van der Waals surface area contributed by atoms with Gasteiger partial charge in [-0.1, -0.05) is 59.3 Å². The summed E-state index contributed by atoms with van der Waals surface area (Å²) in [4.78, 5) is 0. The van der Waals surface area contributed by atoms with Gasteiger partial charge in [0, 0.05) is 13.1 Å². The van der Waals surface area contributed by atoms with Crippen LogP contribution in [0, 0.1) is 5.92 Å². The zero-order valence-corrected chi connectivity index (χ0v) is 11.1. The van der Waals surface area contributed by atoms with Gasteiger partial charge in [0.2, 0.25) is 0 Å². The predicted molar refractivity (Wildman–Crippen MR) is 69.3 cm³/mol. The number of hydrogen-bond donors (Lipinski definition) is 0. The monoisotopic (exact) mass is 212 g/mol. The summed E-state index contributed by atoms with van der Waals surface area (Å²) in [5.41, 5.74) is 0. The van der Waals surface area contributed by atoms with Crippen LogP contribution >= 0.6 is 0 Å². The van der Waals surface area contributed by atoms with Crippen molar-refractivity contribution in [2.45, 2.75) is 72.1 Å². The van der Waals surface area contributed by atoms with Crippen LogP contribution in [0.3, 0.4) is 0 Å². The van der Waals surface area contributed by atoms with Crippen LogP contribution < -0.4 is 5.32 Å². The van der Waals surface area contributed by atoms with Crippen LogP contribution in [0.5, 0.6) is 0 Å². The van der Waals surface area contributed by atoms with Gasteiger partial charge >= 0.3 is 0 Å². The van der Waals surface area contributed by atoms with Crippen LogP contribution in [0.2, 0.25) is 0 Å². The first kappa shape index (κ1) is 15.0. The Labute approximate surface area is 97.0 Å². The van der Waals surface area contributed by atoms with Gasteiger partial charge in [0.15, 0.2) is 0 Å². The Morgan fingerprint density at radius 1 is 0.867 bits per heavy atom. The SMILES string of the molecule is CCCCCCCC[N]CCC(C)CC. The largest absolute Gasteiger partial charge is 0.242 e. The fraction of sp³-hybridized carbons (Fsp3) is 1.00. The Morgan fingerprint density at radius 2 is 1.53 bits per heavy atom. The molecule has 0 aliphatic rings. The molecule has 0 spiro atoms. The molecule has 0 saturated heterocycles. The molecule has 0 fully saturated rings. The Bertz CT molecular complexity index is 112. The number of hydrogen-bond acceptors (Lipinski definition) is 0. The highest BCUT2D eigenvalue weighted by molar-refractivity contribution is 4.54. The Balaban J connectivity index is 2.92. The quantitative estimate of drug-likeness (QED) is 0.451. The van der Waals surface area contributed by atoms with Gasteiger partial charge in [-0.05, 0) is 18.8 Å². The summed E-state index contributed by atoms with van der Waals surface area (Å²) in [5.74, 6) is 0.860. The van der Waals surface area contributed by atoms with Crippen molar-refractivity contribution < 1.29 is 0 Å². The highest BCUT2D eigenvalue weighted by Gasteiger charge is 1.97. The van der Waals surface area contributed by atoms with Crippen LogP contribution in [-0.4, -0.2) is 13.1 Å². The van der Waals surface area contributed by atoms with Gasteiger partial charge in [0.25, 0.3) is 0 Å². The lowest BCUT2D eigenvalue weighted by atomic mass is 10.1. The van der Waals surface area contributed by atoms with Crippen molar-refractivity contribution in [3.8, 4) is 0 Å². The van der Waals surface area contributed by atoms with Crippen molar-refractivity contribution >= 4 is 0 Å². The zero-order chi connectivity index (χ0) is 11.4. The second kappa shape index (κ2) is 12.0. The van der Waals surface area contributed by atoms with Crippen molar-refractivity contribution in [2.24, 2.45) is 5.92 Å². The molecule has 0 amide bonds. The van der Waals surface area contributed by atoms with E-state index in [1.807, 2.05) is 0 Å². The average molecular weight is 212 g/mol. The van der Waals surface area contributed by atoms with Crippen LogP contribution in [0.4, 0.5) is 0 Å². The summed E-state index contributed by atoms with van der Waals surface area (Å²) in [6, 6.07) is 0. The molecule has 0 heterocycles.